The highest BCUT2D eigenvalue weighted by Gasteiger charge is 2.08. The summed E-state index contributed by atoms with van der Waals surface area (Å²) in [4.78, 5) is 11.5. The lowest BCUT2D eigenvalue weighted by molar-refractivity contribution is -0.120. The molecule has 1 heterocycles. The molecule has 0 radical (unpaired) electrons. The van der Waals surface area contributed by atoms with Gasteiger partial charge in [0.1, 0.15) is 10.0 Å². The first-order valence-corrected chi connectivity index (χ1v) is 6.73. The molecule has 6 nitrogen and oxygen atoms in total. The van der Waals surface area contributed by atoms with E-state index in [1.807, 2.05) is 0 Å². The molecule has 1 rings (SSSR count). The Kier molecular flexibility index (Phi) is 6.77. The number of hydrogen-bond acceptors (Lipinski definition) is 6. The summed E-state index contributed by atoms with van der Waals surface area (Å²) in [6.07, 6.45) is 0. The van der Waals surface area contributed by atoms with E-state index in [0.717, 1.165) is 10.0 Å². The Bertz CT molecular complexity index is 368. The van der Waals surface area contributed by atoms with E-state index in [1.54, 1.807) is 7.11 Å². The average Bonchev–Trinajstić information content (AvgIpc) is 2.81. The first-order chi connectivity index (χ1) is 8.63. The number of rotatable bonds is 8. The van der Waals surface area contributed by atoms with Crippen molar-refractivity contribution in [2.24, 2.45) is 0 Å². The maximum absolute atomic E-state index is 11.5. The Morgan fingerprint density at radius 2 is 2.22 bits per heavy atom. The predicted octanol–water partition coefficient (Wildman–Crippen LogP) is 0.514. The summed E-state index contributed by atoms with van der Waals surface area (Å²) in [5.74, 6) is 0.329. The monoisotopic (exact) mass is 272 g/mol. The summed E-state index contributed by atoms with van der Waals surface area (Å²) < 4.78 is 4.87. The second kappa shape index (κ2) is 8.12. The van der Waals surface area contributed by atoms with Crippen LogP contribution in [0, 0.1) is 0 Å². The Labute approximate surface area is 111 Å². The normalized spacial score (nSPS) is 10.9. The van der Waals surface area contributed by atoms with Gasteiger partial charge in [-0.3, -0.25) is 4.79 Å². The summed E-state index contributed by atoms with van der Waals surface area (Å²) in [5, 5.41) is 15.7. The van der Waals surface area contributed by atoms with Gasteiger partial charge in [-0.25, -0.2) is 0 Å². The average molecular weight is 272 g/mol. The minimum atomic E-state index is -0.0487. The molecule has 0 aliphatic carbocycles. The van der Waals surface area contributed by atoms with Crippen LogP contribution in [0.15, 0.2) is 0 Å². The molecule has 7 heteroatoms. The largest absolute Gasteiger partial charge is 0.383 e. The molecule has 0 atom stereocenters. The van der Waals surface area contributed by atoms with E-state index in [1.165, 1.54) is 11.3 Å². The molecular weight excluding hydrogens is 252 g/mol. The third-order valence-corrected chi connectivity index (χ3v) is 3.41. The molecular formula is C11H20N4O2S. The number of nitrogens with one attached hydrogen (secondary N) is 2. The third-order valence-electron chi connectivity index (χ3n) is 2.18. The van der Waals surface area contributed by atoms with Crippen LogP contribution in [0.25, 0.3) is 0 Å². The van der Waals surface area contributed by atoms with Crippen LogP contribution in [0.5, 0.6) is 0 Å². The molecule has 18 heavy (non-hydrogen) atoms. The van der Waals surface area contributed by atoms with Gasteiger partial charge in [0.15, 0.2) is 0 Å². The molecule has 0 spiro atoms. The smallest absolute Gasteiger partial charge is 0.234 e. The minimum Gasteiger partial charge on any atom is -0.383 e. The van der Waals surface area contributed by atoms with Crippen molar-refractivity contribution in [3.63, 3.8) is 0 Å². The summed E-state index contributed by atoms with van der Waals surface area (Å²) >= 11 is 1.54. The maximum atomic E-state index is 11.5. The Hall–Kier alpha value is -1.05. The van der Waals surface area contributed by atoms with Crippen molar-refractivity contribution in [3.8, 4) is 0 Å². The summed E-state index contributed by atoms with van der Waals surface area (Å²) in [6, 6.07) is 0. The van der Waals surface area contributed by atoms with E-state index in [2.05, 4.69) is 34.7 Å². The number of aromatic nitrogens is 2. The molecule has 102 valence electrons. The van der Waals surface area contributed by atoms with Crippen molar-refractivity contribution in [3.05, 3.63) is 10.0 Å². The zero-order valence-electron chi connectivity index (χ0n) is 11.0. The van der Waals surface area contributed by atoms with Gasteiger partial charge in [0.2, 0.25) is 5.91 Å². The number of hydrogen-bond donors (Lipinski definition) is 2. The van der Waals surface area contributed by atoms with Gasteiger partial charge in [-0.05, 0) is 0 Å². The van der Waals surface area contributed by atoms with E-state index in [9.17, 15) is 4.79 Å². The summed E-state index contributed by atoms with van der Waals surface area (Å²) in [5.41, 5.74) is 0. The van der Waals surface area contributed by atoms with E-state index in [0.29, 0.717) is 32.2 Å². The molecule has 1 aromatic rings. The molecule has 0 aliphatic heterocycles. The van der Waals surface area contributed by atoms with Gasteiger partial charge < -0.3 is 15.4 Å². The molecule has 0 unspecified atom stereocenters. The first-order valence-electron chi connectivity index (χ1n) is 5.92. The quantitative estimate of drug-likeness (QED) is 0.675. The molecule has 0 saturated heterocycles. The number of carbonyl (C=O) groups is 1. The van der Waals surface area contributed by atoms with Crippen molar-refractivity contribution < 1.29 is 9.53 Å². The first kappa shape index (κ1) is 15.0. The molecule has 1 amide bonds. The Morgan fingerprint density at radius 3 is 2.83 bits per heavy atom. The highest BCUT2D eigenvalue weighted by atomic mass is 32.1. The molecule has 0 fully saturated rings. The topological polar surface area (TPSA) is 76.1 Å². The number of nitrogens with zero attached hydrogens (tertiary/aromatic N) is 2. The standard InChI is InChI=1S/C11H20N4O2S/c1-8(2)11-15-14-10(18-11)7-13-9(16)6-12-4-5-17-3/h8,12H,4-7H2,1-3H3,(H,13,16). The second-order valence-corrected chi connectivity index (χ2v) is 5.23. The number of ether oxygens (including phenoxy) is 1. The fraction of sp³-hybridized carbons (Fsp3) is 0.727. The lowest BCUT2D eigenvalue weighted by atomic mass is 10.2. The Morgan fingerprint density at radius 1 is 1.44 bits per heavy atom. The van der Waals surface area contributed by atoms with Crippen LogP contribution in [0.1, 0.15) is 29.8 Å². The molecule has 0 aliphatic rings. The van der Waals surface area contributed by atoms with Crippen molar-refractivity contribution in [1.29, 1.82) is 0 Å². The van der Waals surface area contributed by atoms with Crippen molar-refractivity contribution in [2.45, 2.75) is 26.3 Å². The van der Waals surface area contributed by atoms with E-state index in [4.69, 9.17) is 4.74 Å². The van der Waals surface area contributed by atoms with Crippen LogP contribution in [-0.4, -0.2) is 42.9 Å². The van der Waals surface area contributed by atoms with Gasteiger partial charge in [0, 0.05) is 19.6 Å². The van der Waals surface area contributed by atoms with Crippen molar-refractivity contribution in [1.82, 2.24) is 20.8 Å². The van der Waals surface area contributed by atoms with Crippen LogP contribution < -0.4 is 10.6 Å². The third kappa shape index (κ3) is 5.52. The van der Waals surface area contributed by atoms with E-state index in [-0.39, 0.29) is 5.91 Å². The van der Waals surface area contributed by atoms with Gasteiger partial charge in [0.25, 0.3) is 0 Å². The SMILES string of the molecule is COCCNCC(=O)NCc1nnc(C(C)C)s1. The lowest BCUT2D eigenvalue weighted by Crippen LogP contribution is -2.34. The minimum absolute atomic E-state index is 0.0487. The van der Waals surface area contributed by atoms with Gasteiger partial charge >= 0.3 is 0 Å². The molecule has 1 aromatic heterocycles. The van der Waals surface area contributed by atoms with E-state index < -0.39 is 0 Å². The van der Waals surface area contributed by atoms with Gasteiger partial charge in [-0.2, -0.15) is 0 Å². The Balaban J connectivity index is 2.21. The van der Waals surface area contributed by atoms with Crippen LogP contribution in [-0.2, 0) is 16.1 Å². The summed E-state index contributed by atoms with van der Waals surface area (Å²) in [7, 11) is 1.63. The van der Waals surface area contributed by atoms with E-state index >= 15 is 0 Å². The lowest BCUT2D eigenvalue weighted by Gasteiger charge is -2.04. The number of methoxy groups -OCH3 is 1. The molecule has 2 N–H and O–H groups in total. The van der Waals surface area contributed by atoms with Gasteiger partial charge in [-0.1, -0.05) is 25.2 Å². The van der Waals surface area contributed by atoms with Crippen LogP contribution in [0.4, 0.5) is 0 Å². The molecule has 0 bridgehead atoms. The number of carbonyl (C=O) groups excluding carboxylic acids is 1. The highest BCUT2D eigenvalue weighted by Crippen LogP contribution is 2.18. The summed E-state index contributed by atoms with van der Waals surface area (Å²) in [6.45, 7) is 6.14. The predicted molar refractivity (Wildman–Crippen MR) is 70.6 cm³/mol. The fourth-order valence-electron chi connectivity index (χ4n) is 1.18. The van der Waals surface area contributed by atoms with Gasteiger partial charge in [0.05, 0.1) is 19.7 Å². The van der Waals surface area contributed by atoms with Crippen molar-refractivity contribution in [2.75, 3.05) is 26.8 Å². The number of amides is 1. The van der Waals surface area contributed by atoms with Crippen LogP contribution in [0.2, 0.25) is 0 Å². The van der Waals surface area contributed by atoms with Crippen LogP contribution >= 0.6 is 11.3 Å². The van der Waals surface area contributed by atoms with Crippen molar-refractivity contribution >= 4 is 17.2 Å². The molecule has 0 aromatic carbocycles. The maximum Gasteiger partial charge on any atom is 0.234 e. The second-order valence-electron chi connectivity index (χ2n) is 4.14. The fourth-order valence-corrected chi connectivity index (χ4v) is 1.97. The highest BCUT2D eigenvalue weighted by molar-refractivity contribution is 7.11. The zero-order valence-corrected chi connectivity index (χ0v) is 11.8. The zero-order chi connectivity index (χ0) is 13.4. The van der Waals surface area contributed by atoms with Crippen LogP contribution in [0.3, 0.4) is 0 Å². The molecule has 0 saturated carbocycles. The van der Waals surface area contributed by atoms with Gasteiger partial charge in [-0.15, -0.1) is 10.2 Å².